The van der Waals surface area contributed by atoms with E-state index < -0.39 is 11.4 Å². The second-order valence-corrected chi connectivity index (χ2v) is 5.75. The third-order valence-corrected chi connectivity index (χ3v) is 4.27. The van der Waals surface area contributed by atoms with Crippen LogP contribution in [0.15, 0.2) is 24.3 Å². The van der Waals surface area contributed by atoms with Crippen molar-refractivity contribution in [2.45, 2.75) is 46.1 Å². The van der Waals surface area contributed by atoms with E-state index >= 15 is 0 Å². The Balaban J connectivity index is 2.75. The summed E-state index contributed by atoms with van der Waals surface area (Å²) in [7, 11) is 0. The fourth-order valence-electron chi connectivity index (χ4n) is 2.34. The molecule has 4 nitrogen and oxygen atoms in total. The molecule has 2 N–H and O–H groups in total. The van der Waals surface area contributed by atoms with Gasteiger partial charge in [-0.25, -0.2) is 0 Å². The van der Waals surface area contributed by atoms with Gasteiger partial charge in [-0.3, -0.25) is 9.59 Å². The van der Waals surface area contributed by atoms with Gasteiger partial charge in [0, 0.05) is 11.4 Å². The first-order chi connectivity index (χ1) is 9.84. The van der Waals surface area contributed by atoms with Crippen LogP contribution in [0.5, 0.6) is 0 Å². The maximum absolute atomic E-state index is 12.1. The normalized spacial score (nSPS) is 12.8. The largest absolute Gasteiger partial charge is 0.481 e. The number of nitrogens with one attached hydrogen (secondary N) is 1. The number of carbonyl (C=O) groups excluding carboxylic acids is 1. The molecular formula is C16H22ClNO3. The van der Waals surface area contributed by atoms with Gasteiger partial charge in [0.05, 0.1) is 11.5 Å². The number of amides is 1. The molecule has 0 bridgehead atoms. The van der Waals surface area contributed by atoms with E-state index in [1.54, 1.807) is 26.0 Å². The minimum absolute atomic E-state index is 0.0137. The summed E-state index contributed by atoms with van der Waals surface area (Å²) >= 11 is 5.93. The molecule has 0 saturated carbocycles. The molecule has 1 aromatic rings. The summed E-state index contributed by atoms with van der Waals surface area (Å²) in [6, 6.07) is 7.04. The maximum Gasteiger partial charge on any atom is 0.310 e. The van der Waals surface area contributed by atoms with Crippen LogP contribution in [0.1, 0.15) is 51.6 Å². The van der Waals surface area contributed by atoms with Gasteiger partial charge < -0.3 is 10.4 Å². The Morgan fingerprint density at radius 1 is 1.33 bits per heavy atom. The van der Waals surface area contributed by atoms with E-state index in [4.69, 9.17) is 11.6 Å². The van der Waals surface area contributed by atoms with Crippen LogP contribution in [0.2, 0.25) is 5.02 Å². The molecule has 0 aliphatic carbocycles. The summed E-state index contributed by atoms with van der Waals surface area (Å²) in [6.07, 6.45) is 0.843. The van der Waals surface area contributed by atoms with Crippen LogP contribution >= 0.6 is 11.6 Å². The summed E-state index contributed by atoms with van der Waals surface area (Å²) in [6.45, 7) is 5.44. The fraction of sp³-hybridized carbons (Fsp3) is 0.500. The summed E-state index contributed by atoms with van der Waals surface area (Å²) < 4.78 is 0. The molecule has 0 fully saturated rings. The lowest BCUT2D eigenvalue weighted by Gasteiger charge is -2.26. The van der Waals surface area contributed by atoms with Crippen molar-refractivity contribution < 1.29 is 14.7 Å². The van der Waals surface area contributed by atoms with E-state index in [1.807, 2.05) is 19.1 Å². The van der Waals surface area contributed by atoms with Crippen molar-refractivity contribution in [1.29, 1.82) is 0 Å². The molecule has 0 aliphatic heterocycles. The van der Waals surface area contributed by atoms with Crippen molar-refractivity contribution in [3.05, 3.63) is 34.9 Å². The van der Waals surface area contributed by atoms with Crippen molar-refractivity contribution in [2.24, 2.45) is 5.41 Å². The van der Waals surface area contributed by atoms with Crippen LogP contribution in [0.25, 0.3) is 0 Å². The van der Waals surface area contributed by atoms with E-state index in [2.05, 4.69) is 5.32 Å². The standard InChI is InChI=1S/C16H22ClNO3/c1-4-16(5-2,15(20)21)10-14(19)18-11(3)12-7-6-8-13(17)9-12/h6-9,11H,4-5,10H2,1-3H3,(H,18,19)(H,20,21). The summed E-state index contributed by atoms with van der Waals surface area (Å²) in [4.78, 5) is 23.6. The Morgan fingerprint density at radius 2 is 1.95 bits per heavy atom. The number of hydrogen-bond acceptors (Lipinski definition) is 2. The minimum Gasteiger partial charge on any atom is -0.481 e. The van der Waals surface area contributed by atoms with E-state index in [-0.39, 0.29) is 18.4 Å². The molecule has 0 radical (unpaired) electrons. The quantitative estimate of drug-likeness (QED) is 0.805. The average molecular weight is 312 g/mol. The summed E-state index contributed by atoms with van der Waals surface area (Å²) in [5.74, 6) is -1.17. The van der Waals surface area contributed by atoms with E-state index in [0.717, 1.165) is 5.56 Å². The van der Waals surface area contributed by atoms with Crippen molar-refractivity contribution >= 4 is 23.5 Å². The SMILES string of the molecule is CCC(CC)(CC(=O)NC(C)c1cccc(Cl)c1)C(=O)O. The van der Waals surface area contributed by atoms with Gasteiger partial charge in [-0.15, -0.1) is 0 Å². The molecule has 116 valence electrons. The van der Waals surface area contributed by atoms with Gasteiger partial charge in [0.15, 0.2) is 0 Å². The van der Waals surface area contributed by atoms with Crippen LogP contribution in [0.4, 0.5) is 0 Å². The predicted octanol–water partition coefficient (Wildman–Crippen LogP) is 3.80. The van der Waals surface area contributed by atoms with Crippen LogP contribution in [-0.4, -0.2) is 17.0 Å². The van der Waals surface area contributed by atoms with Gasteiger partial charge in [0.1, 0.15) is 0 Å². The number of carboxylic acid groups (broad SMARTS) is 1. The maximum atomic E-state index is 12.1. The number of rotatable bonds is 7. The van der Waals surface area contributed by atoms with Gasteiger partial charge in [0.25, 0.3) is 0 Å². The monoisotopic (exact) mass is 311 g/mol. The molecule has 0 aliphatic rings. The number of halogens is 1. The highest BCUT2D eigenvalue weighted by atomic mass is 35.5. The van der Waals surface area contributed by atoms with Crippen LogP contribution in [0, 0.1) is 5.41 Å². The molecule has 0 spiro atoms. The zero-order valence-corrected chi connectivity index (χ0v) is 13.4. The molecule has 5 heteroatoms. The second kappa shape index (κ2) is 7.46. The summed E-state index contributed by atoms with van der Waals surface area (Å²) in [5.41, 5.74) is -0.0947. The lowest BCUT2D eigenvalue weighted by molar-refractivity contribution is -0.152. The van der Waals surface area contributed by atoms with Gasteiger partial charge in [-0.1, -0.05) is 37.6 Å². The molecule has 0 aromatic heterocycles. The zero-order valence-electron chi connectivity index (χ0n) is 12.6. The van der Waals surface area contributed by atoms with Crippen molar-refractivity contribution in [2.75, 3.05) is 0 Å². The zero-order chi connectivity index (χ0) is 16.0. The van der Waals surface area contributed by atoms with Crippen molar-refractivity contribution in [1.82, 2.24) is 5.32 Å². The predicted molar refractivity (Wildman–Crippen MR) is 83.3 cm³/mol. The molecule has 21 heavy (non-hydrogen) atoms. The molecule has 1 aromatic carbocycles. The smallest absolute Gasteiger partial charge is 0.310 e. The van der Waals surface area contributed by atoms with E-state index in [9.17, 15) is 14.7 Å². The third kappa shape index (κ3) is 4.46. The Hall–Kier alpha value is -1.55. The number of aliphatic carboxylic acids is 1. The average Bonchev–Trinajstić information content (AvgIpc) is 2.44. The Bertz CT molecular complexity index is 512. The lowest BCUT2D eigenvalue weighted by Crippen LogP contribution is -2.37. The minimum atomic E-state index is -0.988. The highest BCUT2D eigenvalue weighted by molar-refractivity contribution is 6.30. The van der Waals surface area contributed by atoms with Crippen LogP contribution < -0.4 is 5.32 Å². The Labute approximate surface area is 130 Å². The van der Waals surface area contributed by atoms with Crippen molar-refractivity contribution in [3.8, 4) is 0 Å². The molecule has 0 heterocycles. The van der Waals surface area contributed by atoms with Crippen molar-refractivity contribution in [3.63, 3.8) is 0 Å². The highest BCUT2D eigenvalue weighted by Gasteiger charge is 2.37. The lowest BCUT2D eigenvalue weighted by atomic mass is 9.79. The van der Waals surface area contributed by atoms with Crippen LogP contribution in [-0.2, 0) is 9.59 Å². The fourth-order valence-corrected chi connectivity index (χ4v) is 2.54. The third-order valence-electron chi connectivity index (χ3n) is 4.03. The number of carboxylic acids is 1. The van der Waals surface area contributed by atoms with Gasteiger partial charge in [-0.2, -0.15) is 0 Å². The highest BCUT2D eigenvalue weighted by Crippen LogP contribution is 2.31. The molecule has 1 atom stereocenters. The van der Waals surface area contributed by atoms with Crippen LogP contribution in [0.3, 0.4) is 0 Å². The topological polar surface area (TPSA) is 66.4 Å². The first-order valence-corrected chi connectivity index (χ1v) is 7.50. The Kier molecular flexibility index (Phi) is 6.21. The number of benzene rings is 1. The molecular weight excluding hydrogens is 290 g/mol. The second-order valence-electron chi connectivity index (χ2n) is 5.31. The molecule has 1 rings (SSSR count). The van der Waals surface area contributed by atoms with E-state index in [0.29, 0.717) is 17.9 Å². The number of carbonyl (C=O) groups is 2. The Morgan fingerprint density at radius 3 is 2.43 bits per heavy atom. The first kappa shape index (κ1) is 17.5. The van der Waals surface area contributed by atoms with E-state index in [1.165, 1.54) is 0 Å². The van der Waals surface area contributed by atoms with Gasteiger partial charge in [-0.05, 0) is 37.5 Å². The number of hydrogen-bond donors (Lipinski definition) is 2. The molecule has 1 amide bonds. The van der Waals surface area contributed by atoms with Gasteiger partial charge in [0.2, 0.25) is 5.91 Å². The molecule has 0 saturated heterocycles. The summed E-state index contributed by atoms with van der Waals surface area (Å²) in [5, 5.41) is 12.8. The first-order valence-electron chi connectivity index (χ1n) is 7.13. The van der Waals surface area contributed by atoms with Gasteiger partial charge >= 0.3 is 5.97 Å². The molecule has 1 unspecified atom stereocenters.